The summed E-state index contributed by atoms with van der Waals surface area (Å²) in [5.41, 5.74) is 0.00608. The first kappa shape index (κ1) is 10.4. The molecule has 4 nitrogen and oxygen atoms in total. The van der Waals surface area contributed by atoms with E-state index in [2.05, 4.69) is 20.9 Å². The number of nitrogens with zero attached hydrogens (tertiary/aromatic N) is 1. The van der Waals surface area contributed by atoms with Crippen LogP contribution in [0.15, 0.2) is 23.3 Å². The predicted molar refractivity (Wildman–Crippen MR) is 60.3 cm³/mol. The number of H-pyrrole nitrogens is 1. The average Bonchev–Trinajstić information content (AvgIpc) is 2.16. The Morgan fingerprint density at radius 3 is 2.93 bits per heavy atom. The van der Waals surface area contributed by atoms with Gasteiger partial charge in [0.25, 0.3) is 5.91 Å². The van der Waals surface area contributed by atoms with Gasteiger partial charge in [-0.15, -0.1) is 0 Å². The molecule has 1 amide bonds. The topological polar surface area (TPSA) is 53.2 Å². The van der Waals surface area contributed by atoms with Crippen LogP contribution in [-0.2, 0) is 0 Å². The minimum absolute atomic E-state index is 0.172. The molecule has 15 heavy (non-hydrogen) atoms. The lowest BCUT2D eigenvalue weighted by molar-refractivity contribution is 0.0537. The second-order valence-corrected chi connectivity index (χ2v) is 4.30. The third-order valence-corrected chi connectivity index (χ3v) is 3.43. The smallest absolute Gasteiger partial charge is 0.259 e. The molecular formula is C10H11BrN2O2. The highest BCUT2D eigenvalue weighted by atomic mass is 79.9. The highest BCUT2D eigenvalue weighted by molar-refractivity contribution is 9.09. The molecule has 1 aliphatic heterocycles. The molecule has 1 fully saturated rings. The molecule has 2 rings (SSSR count). The van der Waals surface area contributed by atoms with Gasteiger partial charge < -0.3 is 9.88 Å². The van der Waals surface area contributed by atoms with Gasteiger partial charge in [-0.1, -0.05) is 15.9 Å². The number of halogens is 1. The zero-order valence-electron chi connectivity index (χ0n) is 8.07. The summed E-state index contributed by atoms with van der Waals surface area (Å²) < 4.78 is 0. The largest absolute Gasteiger partial charge is 0.367 e. The summed E-state index contributed by atoms with van der Waals surface area (Å²) in [6, 6.07) is 1.37. The van der Waals surface area contributed by atoms with E-state index in [-0.39, 0.29) is 16.9 Å². The Morgan fingerprint density at radius 1 is 1.60 bits per heavy atom. The summed E-state index contributed by atoms with van der Waals surface area (Å²) in [4.78, 5) is 27.6. The normalized spacial score (nSPS) is 16.2. The maximum Gasteiger partial charge on any atom is 0.259 e. The Labute approximate surface area is 95.4 Å². The maximum atomic E-state index is 11.8. The number of carbonyl (C=O) groups is 1. The highest BCUT2D eigenvalue weighted by Gasteiger charge is 2.31. The summed E-state index contributed by atoms with van der Waals surface area (Å²) in [5.74, 6) is 0.353. The van der Waals surface area contributed by atoms with Crippen LogP contribution in [0.3, 0.4) is 0 Å². The van der Waals surface area contributed by atoms with E-state index in [0.717, 1.165) is 18.4 Å². The Morgan fingerprint density at radius 2 is 2.33 bits per heavy atom. The molecule has 1 aromatic heterocycles. The number of carbonyl (C=O) groups excluding carboxylic acids is 1. The molecule has 0 saturated carbocycles. The standard InChI is InChI=1S/C10H11BrN2O2/c11-3-7-5-13(6-7)10(15)8-4-12-2-1-9(8)14/h1-2,4,7H,3,5-6H2,(H,12,14). The van der Waals surface area contributed by atoms with Crippen molar-refractivity contribution < 1.29 is 4.79 Å². The molecule has 0 spiro atoms. The molecule has 2 heterocycles. The van der Waals surface area contributed by atoms with E-state index in [1.54, 1.807) is 4.90 Å². The lowest BCUT2D eigenvalue weighted by atomic mass is 10.0. The Hall–Kier alpha value is -1.10. The van der Waals surface area contributed by atoms with Crippen molar-refractivity contribution in [2.24, 2.45) is 5.92 Å². The van der Waals surface area contributed by atoms with E-state index in [1.807, 2.05) is 0 Å². The zero-order chi connectivity index (χ0) is 10.8. The number of aromatic amines is 1. The predicted octanol–water partition coefficient (Wildman–Crippen LogP) is 0.842. The number of hydrogen-bond acceptors (Lipinski definition) is 2. The number of rotatable bonds is 2. The van der Waals surface area contributed by atoms with Crippen LogP contribution in [0.5, 0.6) is 0 Å². The van der Waals surface area contributed by atoms with Crippen LogP contribution in [0.2, 0.25) is 0 Å². The Bertz CT molecular complexity index is 423. The van der Waals surface area contributed by atoms with Crippen molar-refractivity contribution in [2.45, 2.75) is 0 Å². The molecule has 1 aliphatic rings. The van der Waals surface area contributed by atoms with Crippen LogP contribution in [0.25, 0.3) is 0 Å². The van der Waals surface area contributed by atoms with Crippen molar-refractivity contribution in [1.82, 2.24) is 9.88 Å². The molecule has 5 heteroatoms. The van der Waals surface area contributed by atoms with Gasteiger partial charge in [-0.05, 0) is 0 Å². The van der Waals surface area contributed by atoms with E-state index in [9.17, 15) is 9.59 Å². The first-order valence-electron chi connectivity index (χ1n) is 4.74. The fourth-order valence-electron chi connectivity index (χ4n) is 1.59. The molecule has 0 radical (unpaired) electrons. The van der Waals surface area contributed by atoms with Crippen molar-refractivity contribution in [1.29, 1.82) is 0 Å². The monoisotopic (exact) mass is 270 g/mol. The average molecular weight is 271 g/mol. The molecule has 0 atom stereocenters. The third-order valence-electron chi connectivity index (χ3n) is 2.52. The molecule has 1 N–H and O–H groups in total. The summed E-state index contributed by atoms with van der Waals surface area (Å²) in [7, 11) is 0. The number of likely N-dealkylation sites (tertiary alicyclic amines) is 1. The van der Waals surface area contributed by atoms with Gasteiger partial charge in [-0.3, -0.25) is 9.59 Å². The minimum Gasteiger partial charge on any atom is -0.367 e. The molecule has 0 unspecified atom stereocenters. The lowest BCUT2D eigenvalue weighted by Gasteiger charge is -2.38. The van der Waals surface area contributed by atoms with E-state index in [4.69, 9.17) is 0 Å². The molecule has 80 valence electrons. The molecule has 0 bridgehead atoms. The fourth-order valence-corrected chi connectivity index (χ4v) is 2.00. The number of amides is 1. The SMILES string of the molecule is O=C(c1c[nH]ccc1=O)N1CC(CBr)C1. The first-order valence-corrected chi connectivity index (χ1v) is 5.87. The number of hydrogen-bond donors (Lipinski definition) is 1. The quantitative estimate of drug-likeness (QED) is 0.810. The maximum absolute atomic E-state index is 11.8. The molecule has 0 aromatic carbocycles. The third kappa shape index (κ3) is 1.97. The van der Waals surface area contributed by atoms with Crippen LogP contribution in [0.4, 0.5) is 0 Å². The van der Waals surface area contributed by atoms with E-state index < -0.39 is 0 Å². The van der Waals surface area contributed by atoms with Crippen molar-refractivity contribution in [3.05, 3.63) is 34.2 Å². The summed E-state index contributed by atoms with van der Waals surface area (Å²) in [6.07, 6.45) is 2.99. The van der Waals surface area contributed by atoms with Crippen molar-refractivity contribution in [3.63, 3.8) is 0 Å². The number of nitrogens with one attached hydrogen (secondary N) is 1. The summed E-state index contributed by atoms with van der Waals surface area (Å²) in [5, 5.41) is 0.905. The van der Waals surface area contributed by atoms with Gasteiger partial charge in [0, 0.05) is 42.8 Å². The minimum atomic E-state index is -0.221. The Kier molecular flexibility index (Phi) is 2.90. The van der Waals surface area contributed by atoms with Gasteiger partial charge in [0.2, 0.25) is 0 Å². The second-order valence-electron chi connectivity index (χ2n) is 3.65. The van der Waals surface area contributed by atoms with Gasteiger partial charge in [-0.2, -0.15) is 0 Å². The lowest BCUT2D eigenvalue weighted by Crippen LogP contribution is -2.51. The van der Waals surface area contributed by atoms with E-state index in [0.29, 0.717) is 5.92 Å². The Balaban J connectivity index is 2.10. The zero-order valence-corrected chi connectivity index (χ0v) is 9.66. The number of pyridine rings is 1. The van der Waals surface area contributed by atoms with Crippen LogP contribution >= 0.6 is 15.9 Å². The first-order chi connectivity index (χ1) is 7.22. The summed E-state index contributed by atoms with van der Waals surface area (Å²) >= 11 is 3.37. The molecule has 0 aliphatic carbocycles. The second kappa shape index (κ2) is 4.18. The van der Waals surface area contributed by atoms with Gasteiger partial charge in [-0.25, -0.2) is 0 Å². The summed E-state index contributed by atoms with van der Waals surface area (Å²) in [6.45, 7) is 1.47. The van der Waals surface area contributed by atoms with Crippen LogP contribution in [0, 0.1) is 5.92 Å². The van der Waals surface area contributed by atoms with Gasteiger partial charge in [0.1, 0.15) is 5.56 Å². The van der Waals surface area contributed by atoms with Gasteiger partial charge in [0.15, 0.2) is 5.43 Å². The molecule has 1 aromatic rings. The highest BCUT2D eigenvalue weighted by Crippen LogP contribution is 2.18. The van der Waals surface area contributed by atoms with Crippen LogP contribution in [0.1, 0.15) is 10.4 Å². The van der Waals surface area contributed by atoms with Crippen molar-refractivity contribution in [3.8, 4) is 0 Å². The van der Waals surface area contributed by atoms with Crippen LogP contribution < -0.4 is 5.43 Å². The van der Waals surface area contributed by atoms with E-state index in [1.165, 1.54) is 18.5 Å². The van der Waals surface area contributed by atoms with Gasteiger partial charge in [0.05, 0.1) is 0 Å². The van der Waals surface area contributed by atoms with Crippen LogP contribution in [-0.4, -0.2) is 34.2 Å². The van der Waals surface area contributed by atoms with Crippen molar-refractivity contribution >= 4 is 21.8 Å². The molecule has 1 saturated heterocycles. The number of aromatic nitrogens is 1. The van der Waals surface area contributed by atoms with Gasteiger partial charge >= 0.3 is 0 Å². The number of alkyl halides is 1. The van der Waals surface area contributed by atoms with Crippen molar-refractivity contribution in [2.75, 3.05) is 18.4 Å². The van der Waals surface area contributed by atoms with E-state index >= 15 is 0 Å². The fraction of sp³-hybridized carbons (Fsp3) is 0.400. The molecular weight excluding hydrogens is 260 g/mol.